The van der Waals surface area contributed by atoms with Crippen LogP contribution in [0, 0.1) is 0 Å². The van der Waals surface area contributed by atoms with Crippen LogP contribution in [-0.2, 0) is 12.9 Å². The van der Waals surface area contributed by atoms with Gasteiger partial charge in [-0.3, -0.25) is 0 Å². The van der Waals surface area contributed by atoms with Crippen LogP contribution in [0.15, 0.2) is 18.2 Å². The lowest BCUT2D eigenvalue weighted by molar-refractivity contribution is 0.162. The van der Waals surface area contributed by atoms with Crippen molar-refractivity contribution in [3.8, 4) is 5.75 Å². The first-order chi connectivity index (χ1) is 9.25. The molecule has 1 unspecified atom stereocenters. The van der Waals surface area contributed by atoms with E-state index in [0.717, 1.165) is 50.0 Å². The second kappa shape index (κ2) is 4.98. The van der Waals surface area contributed by atoms with Gasteiger partial charge in [0.1, 0.15) is 5.75 Å². The molecule has 0 spiro atoms. The van der Waals surface area contributed by atoms with Gasteiger partial charge in [-0.05, 0) is 37.4 Å². The SMILES string of the molecule is [2H]C1NCCc2cccc(OC(=O)N3CCCC3)c21. The highest BCUT2D eigenvalue weighted by Gasteiger charge is 2.22. The highest BCUT2D eigenvalue weighted by molar-refractivity contribution is 5.71. The normalized spacial score (nSPS) is 23.4. The largest absolute Gasteiger partial charge is 0.415 e. The molecule has 1 aromatic rings. The second-order valence-electron chi connectivity index (χ2n) is 4.74. The quantitative estimate of drug-likeness (QED) is 0.824. The Kier molecular flexibility index (Phi) is 2.87. The fourth-order valence-corrected chi connectivity index (χ4v) is 2.50. The van der Waals surface area contributed by atoms with Gasteiger partial charge in [-0.25, -0.2) is 4.79 Å². The number of hydrogen-bond donors (Lipinski definition) is 1. The maximum atomic E-state index is 12.0. The molecule has 2 heterocycles. The van der Waals surface area contributed by atoms with Crippen molar-refractivity contribution in [1.82, 2.24) is 10.2 Å². The summed E-state index contributed by atoms with van der Waals surface area (Å²) < 4.78 is 13.5. The number of fused-ring (bicyclic) bond motifs is 1. The summed E-state index contributed by atoms with van der Waals surface area (Å²) in [7, 11) is 0. The van der Waals surface area contributed by atoms with Crippen molar-refractivity contribution in [3.05, 3.63) is 29.3 Å². The summed E-state index contributed by atoms with van der Waals surface area (Å²) in [4.78, 5) is 13.8. The van der Waals surface area contributed by atoms with E-state index in [1.807, 2.05) is 12.1 Å². The molecule has 4 heteroatoms. The van der Waals surface area contributed by atoms with Crippen molar-refractivity contribution < 1.29 is 10.9 Å². The number of likely N-dealkylation sites (tertiary alicyclic amines) is 1. The van der Waals surface area contributed by atoms with E-state index >= 15 is 0 Å². The number of hydrogen-bond acceptors (Lipinski definition) is 3. The Hall–Kier alpha value is -1.55. The molecule has 0 aliphatic carbocycles. The Labute approximate surface area is 108 Å². The van der Waals surface area contributed by atoms with Crippen LogP contribution in [0.3, 0.4) is 0 Å². The van der Waals surface area contributed by atoms with Crippen LogP contribution in [-0.4, -0.2) is 30.6 Å². The number of nitrogens with one attached hydrogen (secondary N) is 1. The molecule has 1 atom stereocenters. The molecule has 1 amide bonds. The average Bonchev–Trinajstić information content (AvgIpc) is 2.93. The summed E-state index contributed by atoms with van der Waals surface area (Å²) in [6.45, 7) is 1.84. The molecule has 2 aliphatic heterocycles. The first-order valence-corrected chi connectivity index (χ1v) is 6.50. The number of nitrogens with zero attached hydrogens (tertiary/aromatic N) is 1. The van der Waals surface area contributed by atoms with E-state index < -0.39 is 6.52 Å². The van der Waals surface area contributed by atoms with Gasteiger partial charge in [-0.1, -0.05) is 12.1 Å². The zero-order valence-corrected chi connectivity index (χ0v) is 10.3. The van der Waals surface area contributed by atoms with E-state index in [2.05, 4.69) is 5.32 Å². The summed E-state index contributed by atoms with van der Waals surface area (Å²) in [6, 6.07) is 5.68. The lowest BCUT2D eigenvalue weighted by atomic mass is 10.0. The monoisotopic (exact) mass is 247 g/mol. The molecule has 0 bridgehead atoms. The van der Waals surface area contributed by atoms with Crippen LogP contribution < -0.4 is 10.1 Å². The summed E-state index contributed by atoms with van der Waals surface area (Å²) in [6.07, 6.45) is 2.68. The highest BCUT2D eigenvalue weighted by Crippen LogP contribution is 2.26. The molecule has 0 saturated carbocycles. The van der Waals surface area contributed by atoms with E-state index in [4.69, 9.17) is 6.11 Å². The molecule has 1 saturated heterocycles. The minimum Gasteiger partial charge on any atom is -0.410 e. The van der Waals surface area contributed by atoms with E-state index in [9.17, 15) is 4.79 Å². The van der Waals surface area contributed by atoms with Crippen molar-refractivity contribution in [1.29, 1.82) is 0 Å². The minimum absolute atomic E-state index is 0.288. The molecule has 18 heavy (non-hydrogen) atoms. The maximum absolute atomic E-state index is 12.0. The van der Waals surface area contributed by atoms with E-state index in [0.29, 0.717) is 5.75 Å². The summed E-state index contributed by atoms with van der Waals surface area (Å²) in [5.74, 6) is 0.529. The van der Waals surface area contributed by atoms with Gasteiger partial charge in [0, 0.05) is 26.5 Å². The third-order valence-electron chi connectivity index (χ3n) is 3.50. The van der Waals surface area contributed by atoms with Crippen LogP contribution in [0.1, 0.15) is 25.3 Å². The van der Waals surface area contributed by atoms with Crippen LogP contribution in [0.2, 0.25) is 0 Å². The average molecular weight is 247 g/mol. The Morgan fingerprint density at radius 1 is 1.39 bits per heavy atom. The van der Waals surface area contributed by atoms with Crippen molar-refractivity contribution >= 4 is 6.09 Å². The second-order valence-corrected chi connectivity index (χ2v) is 4.74. The predicted octanol–water partition coefficient (Wildman–Crippen LogP) is 1.93. The molecule has 96 valence electrons. The first kappa shape index (κ1) is 10.4. The van der Waals surface area contributed by atoms with E-state index in [-0.39, 0.29) is 6.09 Å². The summed E-state index contributed by atoms with van der Waals surface area (Å²) in [5, 5.41) is 3.08. The zero-order valence-electron chi connectivity index (χ0n) is 11.3. The van der Waals surface area contributed by atoms with Gasteiger partial charge in [0.25, 0.3) is 0 Å². The Bertz CT molecular complexity index is 486. The van der Waals surface area contributed by atoms with Gasteiger partial charge >= 0.3 is 6.09 Å². The van der Waals surface area contributed by atoms with Gasteiger partial charge < -0.3 is 15.0 Å². The fraction of sp³-hybridized carbons (Fsp3) is 0.500. The fourth-order valence-electron chi connectivity index (χ4n) is 2.50. The van der Waals surface area contributed by atoms with Gasteiger partial charge in [0.15, 0.2) is 0 Å². The number of carbonyl (C=O) groups excluding carboxylic acids is 1. The van der Waals surface area contributed by atoms with Crippen molar-refractivity contribution in [3.63, 3.8) is 0 Å². The lowest BCUT2D eigenvalue weighted by Crippen LogP contribution is -2.31. The van der Waals surface area contributed by atoms with Crippen LogP contribution in [0.5, 0.6) is 5.75 Å². The van der Waals surface area contributed by atoms with Crippen LogP contribution in [0.4, 0.5) is 4.79 Å². The molecule has 0 radical (unpaired) electrons. The Morgan fingerprint density at radius 2 is 2.22 bits per heavy atom. The third kappa shape index (κ3) is 2.20. The van der Waals surface area contributed by atoms with Gasteiger partial charge in [0.2, 0.25) is 0 Å². The molecular weight excluding hydrogens is 228 g/mol. The number of carbonyl (C=O) groups is 1. The minimum atomic E-state index is -0.508. The standard InChI is InChI=1S/C14H18N2O2/c17-14(16-8-1-2-9-16)18-13-5-3-4-11-6-7-15-10-12(11)13/h3-5,15H,1-2,6-10H2/i10D. The van der Waals surface area contributed by atoms with Gasteiger partial charge in [-0.2, -0.15) is 0 Å². The molecule has 0 aromatic heterocycles. The topological polar surface area (TPSA) is 41.6 Å². The lowest BCUT2D eigenvalue weighted by Gasteiger charge is -2.21. The smallest absolute Gasteiger partial charge is 0.410 e. The molecular formula is C14H18N2O2. The van der Waals surface area contributed by atoms with Crippen molar-refractivity contribution in [2.24, 2.45) is 0 Å². The molecule has 1 aromatic carbocycles. The Morgan fingerprint density at radius 3 is 3.06 bits per heavy atom. The number of rotatable bonds is 1. The van der Waals surface area contributed by atoms with E-state index in [1.54, 1.807) is 11.0 Å². The molecule has 1 N–H and O–H groups in total. The summed E-state index contributed by atoms with van der Waals surface area (Å²) in [5.41, 5.74) is 1.91. The molecule has 1 fully saturated rings. The third-order valence-corrected chi connectivity index (χ3v) is 3.50. The van der Waals surface area contributed by atoms with Crippen LogP contribution in [0.25, 0.3) is 0 Å². The first-order valence-electron chi connectivity index (χ1n) is 7.07. The number of benzene rings is 1. The zero-order chi connectivity index (χ0) is 13.2. The van der Waals surface area contributed by atoms with Crippen molar-refractivity contribution in [2.45, 2.75) is 25.8 Å². The molecule has 4 nitrogen and oxygen atoms in total. The molecule has 3 rings (SSSR count). The summed E-state index contributed by atoms with van der Waals surface area (Å²) >= 11 is 0. The number of ether oxygens (including phenoxy) is 1. The predicted molar refractivity (Wildman–Crippen MR) is 68.7 cm³/mol. The van der Waals surface area contributed by atoms with E-state index in [1.165, 1.54) is 0 Å². The highest BCUT2D eigenvalue weighted by atomic mass is 16.6. The maximum Gasteiger partial charge on any atom is 0.415 e. The Balaban J connectivity index is 1.82. The van der Waals surface area contributed by atoms with Crippen LogP contribution >= 0.6 is 0 Å². The van der Waals surface area contributed by atoms with Gasteiger partial charge in [-0.15, -0.1) is 0 Å². The van der Waals surface area contributed by atoms with Gasteiger partial charge in [0.05, 0.1) is 0 Å². The number of amides is 1. The molecule has 2 aliphatic rings. The van der Waals surface area contributed by atoms with Crippen molar-refractivity contribution in [2.75, 3.05) is 19.6 Å².